The second-order valence-corrected chi connectivity index (χ2v) is 5.68. The van der Waals surface area contributed by atoms with Crippen molar-refractivity contribution in [3.63, 3.8) is 0 Å². The molecule has 0 aliphatic rings. The van der Waals surface area contributed by atoms with E-state index in [1.165, 1.54) is 0 Å². The van der Waals surface area contributed by atoms with Gasteiger partial charge in [-0.3, -0.25) is 0 Å². The highest BCUT2D eigenvalue weighted by molar-refractivity contribution is 7.22. The predicted molar refractivity (Wildman–Crippen MR) is 85.5 cm³/mol. The minimum absolute atomic E-state index is 0.656. The first-order valence-corrected chi connectivity index (χ1v) is 7.50. The van der Waals surface area contributed by atoms with Crippen LogP contribution in [0.3, 0.4) is 0 Å². The fourth-order valence-corrected chi connectivity index (χ4v) is 2.94. The summed E-state index contributed by atoms with van der Waals surface area (Å²) >= 11 is 7.57. The van der Waals surface area contributed by atoms with Gasteiger partial charge in [-0.15, -0.1) is 0 Å². The molecule has 0 amide bonds. The second kappa shape index (κ2) is 5.69. The van der Waals surface area contributed by atoms with Crippen molar-refractivity contribution >= 4 is 44.0 Å². The molecule has 1 N–H and O–H groups in total. The lowest BCUT2D eigenvalue weighted by Gasteiger charge is -2.06. The summed E-state index contributed by atoms with van der Waals surface area (Å²) in [7, 11) is 0. The Morgan fingerprint density at radius 3 is 3.00 bits per heavy atom. The van der Waals surface area contributed by atoms with Gasteiger partial charge in [-0.05, 0) is 37.3 Å². The minimum atomic E-state index is 0.656. The van der Waals surface area contributed by atoms with Gasteiger partial charge in [0.25, 0.3) is 0 Å². The number of fused-ring (bicyclic) bond motifs is 1. The van der Waals surface area contributed by atoms with Gasteiger partial charge in [0.2, 0.25) is 0 Å². The Bertz CT molecular complexity index is 742. The monoisotopic (exact) mass is 304 g/mol. The number of hydrogen-bond donors (Lipinski definition) is 1. The van der Waals surface area contributed by atoms with Crippen molar-refractivity contribution in [2.45, 2.75) is 6.92 Å². The van der Waals surface area contributed by atoms with Crippen molar-refractivity contribution < 1.29 is 4.74 Å². The zero-order valence-electron chi connectivity index (χ0n) is 10.9. The Morgan fingerprint density at radius 2 is 2.15 bits per heavy atom. The molecule has 0 fully saturated rings. The number of benzene rings is 2. The number of hydrogen-bond acceptors (Lipinski definition) is 4. The fourth-order valence-electron chi connectivity index (χ4n) is 1.91. The highest BCUT2D eigenvalue weighted by Gasteiger charge is 2.05. The van der Waals surface area contributed by atoms with E-state index < -0.39 is 0 Å². The number of ether oxygens (including phenoxy) is 1. The van der Waals surface area contributed by atoms with Crippen LogP contribution in [0.1, 0.15) is 6.92 Å². The van der Waals surface area contributed by atoms with E-state index in [-0.39, 0.29) is 0 Å². The van der Waals surface area contributed by atoms with Gasteiger partial charge in [-0.25, -0.2) is 4.98 Å². The van der Waals surface area contributed by atoms with Gasteiger partial charge in [0.1, 0.15) is 5.75 Å². The molecule has 3 rings (SSSR count). The molecule has 0 aliphatic carbocycles. The van der Waals surface area contributed by atoms with Crippen molar-refractivity contribution in [3.05, 3.63) is 47.5 Å². The SMILES string of the molecule is CCOc1cccc(Nc2nc3cc(Cl)ccc3s2)c1. The predicted octanol–water partition coefficient (Wildman–Crippen LogP) is 5.09. The minimum Gasteiger partial charge on any atom is -0.494 e. The summed E-state index contributed by atoms with van der Waals surface area (Å²) < 4.78 is 6.59. The summed E-state index contributed by atoms with van der Waals surface area (Å²) in [6.07, 6.45) is 0. The largest absolute Gasteiger partial charge is 0.494 e. The van der Waals surface area contributed by atoms with Gasteiger partial charge >= 0.3 is 0 Å². The molecule has 0 radical (unpaired) electrons. The third kappa shape index (κ3) is 2.86. The quantitative estimate of drug-likeness (QED) is 0.729. The van der Waals surface area contributed by atoms with Crippen LogP contribution in [-0.4, -0.2) is 11.6 Å². The summed E-state index contributed by atoms with van der Waals surface area (Å²) in [6.45, 7) is 2.63. The molecule has 0 unspecified atom stereocenters. The maximum Gasteiger partial charge on any atom is 0.188 e. The van der Waals surface area contributed by atoms with Crippen LogP contribution >= 0.6 is 22.9 Å². The second-order valence-electron chi connectivity index (χ2n) is 4.22. The van der Waals surface area contributed by atoms with Crippen LogP contribution < -0.4 is 10.1 Å². The Morgan fingerprint density at radius 1 is 1.25 bits per heavy atom. The maximum absolute atomic E-state index is 5.97. The third-order valence-corrected chi connectivity index (χ3v) is 3.93. The molecule has 0 atom stereocenters. The third-order valence-electron chi connectivity index (χ3n) is 2.75. The number of halogens is 1. The van der Waals surface area contributed by atoms with Gasteiger partial charge < -0.3 is 10.1 Å². The van der Waals surface area contributed by atoms with Gasteiger partial charge in [0.05, 0.1) is 16.8 Å². The summed E-state index contributed by atoms with van der Waals surface area (Å²) in [6, 6.07) is 13.6. The molecule has 0 aliphatic heterocycles. The maximum atomic E-state index is 5.97. The number of anilines is 2. The van der Waals surface area contributed by atoms with Gasteiger partial charge in [-0.1, -0.05) is 29.0 Å². The number of nitrogens with one attached hydrogen (secondary N) is 1. The molecule has 0 saturated heterocycles. The van der Waals surface area contributed by atoms with Crippen LogP contribution in [-0.2, 0) is 0 Å². The Labute approximate surface area is 126 Å². The zero-order valence-corrected chi connectivity index (χ0v) is 12.5. The summed E-state index contributed by atoms with van der Waals surface area (Å²) in [4.78, 5) is 4.53. The van der Waals surface area contributed by atoms with Crippen LogP contribution in [0.25, 0.3) is 10.2 Å². The highest BCUT2D eigenvalue weighted by atomic mass is 35.5. The number of rotatable bonds is 4. The summed E-state index contributed by atoms with van der Waals surface area (Å²) in [5.41, 5.74) is 1.87. The molecule has 3 aromatic rings. The van der Waals surface area contributed by atoms with Crippen molar-refractivity contribution in [3.8, 4) is 5.75 Å². The lowest BCUT2D eigenvalue weighted by atomic mass is 10.3. The molecule has 0 spiro atoms. The van der Waals surface area contributed by atoms with Crippen LogP contribution in [0.5, 0.6) is 5.75 Å². The first-order chi connectivity index (χ1) is 9.74. The molecule has 1 heterocycles. The molecule has 1 aromatic heterocycles. The molecule has 0 bridgehead atoms. The molecule has 2 aromatic carbocycles. The van der Waals surface area contributed by atoms with E-state index in [9.17, 15) is 0 Å². The van der Waals surface area contributed by atoms with Crippen LogP contribution in [0.2, 0.25) is 5.02 Å². The summed E-state index contributed by atoms with van der Waals surface area (Å²) in [5, 5.41) is 4.84. The summed E-state index contributed by atoms with van der Waals surface area (Å²) in [5.74, 6) is 0.849. The number of nitrogens with zero attached hydrogens (tertiary/aromatic N) is 1. The standard InChI is InChI=1S/C15H13ClN2OS/c1-2-19-12-5-3-4-11(9-12)17-15-18-13-8-10(16)6-7-14(13)20-15/h3-9H,2H2,1H3,(H,17,18). The topological polar surface area (TPSA) is 34.1 Å². The fraction of sp³-hybridized carbons (Fsp3) is 0.133. The van der Waals surface area contributed by atoms with Crippen molar-refractivity contribution in [1.82, 2.24) is 4.98 Å². The lowest BCUT2D eigenvalue weighted by Crippen LogP contribution is -1.93. The molecule has 0 saturated carbocycles. The molecular weight excluding hydrogens is 292 g/mol. The average molecular weight is 305 g/mol. The van der Waals surface area contributed by atoms with Gasteiger partial charge in [-0.2, -0.15) is 0 Å². The highest BCUT2D eigenvalue weighted by Crippen LogP contribution is 2.30. The average Bonchev–Trinajstić information content (AvgIpc) is 2.81. The Balaban J connectivity index is 1.87. The first-order valence-electron chi connectivity index (χ1n) is 6.30. The zero-order chi connectivity index (χ0) is 13.9. The van der Waals surface area contributed by atoms with E-state index >= 15 is 0 Å². The van der Waals surface area contributed by atoms with E-state index in [4.69, 9.17) is 16.3 Å². The van der Waals surface area contributed by atoms with Crippen LogP contribution in [0.15, 0.2) is 42.5 Å². The normalized spacial score (nSPS) is 10.7. The molecule has 102 valence electrons. The van der Waals surface area contributed by atoms with Crippen molar-refractivity contribution in [2.24, 2.45) is 0 Å². The molecule has 5 heteroatoms. The molecule has 3 nitrogen and oxygen atoms in total. The first kappa shape index (κ1) is 13.2. The Kier molecular flexibility index (Phi) is 3.76. The van der Waals surface area contributed by atoms with Crippen molar-refractivity contribution in [2.75, 3.05) is 11.9 Å². The molecule has 20 heavy (non-hydrogen) atoms. The van der Waals surface area contributed by atoms with Gasteiger partial charge in [0, 0.05) is 16.8 Å². The van der Waals surface area contributed by atoms with E-state index in [0.29, 0.717) is 11.6 Å². The van der Waals surface area contributed by atoms with Gasteiger partial charge in [0.15, 0.2) is 5.13 Å². The smallest absolute Gasteiger partial charge is 0.188 e. The van der Waals surface area contributed by atoms with E-state index in [0.717, 1.165) is 26.8 Å². The van der Waals surface area contributed by atoms with Crippen LogP contribution in [0, 0.1) is 0 Å². The van der Waals surface area contributed by atoms with Crippen LogP contribution in [0.4, 0.5) is 10.8 Å². The van der Waals surface area contributed by atoms with E-state index in [2.05, 4.69) is 10.3 Å². The van der Waals surface area contributed by atoms with E-state index in [1.54, 1.807) is 11.3 Å². The lowest BCUT2D eigenvalue weighted by molar-refractivity contribution is 0.340. The number of aromatic nitrogens is 1. The molecular formula is C15H13ClN2OS. The van der Waals surface area contributed by atoms with Crippen molar-refractivity contribution in [1.29, 1.82) is 0 Å². The Hall–Kier alpha value is -1.78. The number of thiazole rings is 1. The van der Waals surface area contributed by atoms with E-state index in [1.807, 2.05) is 49.4 Å².